The van der Waals surface area contributed by atoms with Gasteiger partial charge in [0.25, 0.3) is 0 Å². The molecule has 0 fully saturated rings. The van der Waals surface area contributed by atoms with Crippen LogP contribution in [0.2, 0.25) is 0 Å². The first-order valence-electron chi connectivity index (χ1n) is 4.53. The molecular weight excluding hydrogens is 194 g/mol. The molecule has 0 radical (unpaired) electrons. The Hall–Kier alpha value is -1.97. The van der Waals surface area contributed by atoms with Gasteiger partial charge in [0.05, 0.1) is 6.26 Å². The molecule has 1 heterocycles. The quantitative estimate of drug-likeness (QED) is 0.718. The highest BCUT2D eigenvalue weighted by molar-refractivity contribution is 5.79. The molecule has 0 unspecified atom stereocenters. The van der Waals surface area contributed by atoms with Crippen LogP contribution in [0.3, 0.4) is 0 Å². The molecule has 0 N–H and O–H groups in total. The molecule has 0 spiro atoms. The number of rotatable bonds is 1. The molecule has 4 heteroatoms. The number of amides is 1. The van der Waals surface area contributed by atoms with Crippen LogP contribution in [0.1, 0.15) is 0 Å². The summed E-state index contributed by atoms with van der Waals surface area (Å²) in [6.07, 6.45) is 1.20. The summed E-state index contributed by atoms with van der Waals surface area (Å²) in [6, 6.07) is 7.12. The van der Waals surface area contributed by atoms with Crippen LogP contribution >= 0.6 is 0 Å². The van der Waals surface area contributed by atoms with Crippen LogP contribution in [0, 0.1) is 0 Å². The highest BCUT2D eigenvalue weighted by Gasteiger charge is 2.07. The Morgan fingerprint density at radius 2 is 2.13 bits per heavy atom. The van der Waals surface area contributed by atoms with E-state index in [-0.39, 0.29) is 0 Å². The van der Waals surface area contributed by atoms with Gasteiger partial charge in [-0.3, -0.25) is 0 Å². The van der Waals surface area contributed by atoms with Gasteiger partial charge in [-0.05, 0) is 18.2 Å². The number of hydrogen-bond donors (Lipinski definition) is 0. The van der Waals surface area contributed by atoms with Crippen LogP contribution in [0.4, 0.5) is 4.79 Å². The van der Waals surface area contributed by atoms with Gasteiger partial charge >= 0.3 is 6.09 Å². The molecular formula is C11H11NO3. The van der Waals surface area contributed by atoms with Crippen LogP contribution < -0.4 is 4.74 Å². The van der Waals surface area contributed by atoms with Gasteiger partial charge in [-0.2, -0.15) is 0 Å². The second kappa shape index (κ2) is 3.65. The van der Waals surface area contributed by atoms with Crippen molar-refractivity contribution in [3.05, 3.63) is 30.5 Å². The third kappa shape index (κ3) is 1.93. The molecule has 1 aromatic heterocycles. The second-order valence-corrected chi connectivity index (χ2v) is 3.38. The van der Waals surface area contributed by atoms with E-state index < -0.39 is 6.09 Å². The van der Waals surface area contributed by atoms with E-state index in [2.05, 4.69) is 0 Å². The lowest BCUT2D eigenvalue weighted by molar-refractivity contribution is 0.172. The highest BCUT2D eigenvalue weighted by Crippen LogP contribution is 2.21. The molecule has 0 aliphatic rings. The molecule has 4 nitrogen and oxygen atoms in total. The SMILES string of the molecule is CN(C)C(=O)Oc1ccc2ccoc2c1. The average Bonchev–Trinajstić information content (AvgIpc) is 2.64. The fraction of sp³-hybridized carbons (Fsp3) is 0.182. The molecule has 0 aliphatic carbocycles. The Labute approximate surface area is 87.0 Å². The smallest absolute Gasteiger partial charge is 0.414 e. The number of furan rings is 1. The third-order valence-corrected chi connectivity index (χ3v) is 2.00. The summed E-state index contributed by atoms with van der Waals surface area (Å²) >= 11 is 0. The van der Waals surface area contributed by atoms with Crippen LogP contribution in [-0.2, 0) is 0 Å². The maximum atomic E-state index is 11.3. The van der Waals surface area contributed by atoms with Crippen molar-refractivity contribution in [2.24, 2.45) is 0 Å². The highest BCUT2D eigenvalue weighted by atomic mass is 16.6. The Morgan fingerprint density at radius 3 is 2.87 bits per heavy atom. The lowest BCUT2D eigenvalue weighted by Crippen LogP contribution is -2.25. The van der Waals surface area contributed by atoms with Gasteiger partial charge in [-0.1, -0.05) is 0 Å². The predicted molar refractivity (Wildman–Crippen MR) is 55.9 cm³/mol. The number of nitrogens with zero attached hydrogens (tertiary/aromatic N) is 1. The largest absolute Gasteiger partial charge is 0.464 e. The minimum absolute atomic E-state index is 0.402. The van der Waals surface area contributed by atoms with E-state index in [0.717, 1.165) is 5.39 Å². The van der Waals surface area contributed by atoms with E-state index >= 15 is 0 Å². The van der Waals surface area contributed by atoms with Gasteiger partial charge in [-0.15, -0.1) is 0 Å². The molecule has 2 aromatic rings. The van der Waals surface area contributed by atoms with Crippen molar-refractivity contribution in [3.63, 3.8) is 0 Å². The maximum absolute atomic E-state index is 11.3. The normalized spacial score (nSPS) is 10.3. The zero-order chi connectivity index (χ0) is 10.8. The first-order chi connectivity index (χ1) is 7.16. The third-order valence-electron chi connectivity index (χ3n) is 2.00. The number of benzene rings is 1. The lowest BCUT2D eigenvalue weighted by Gasteiger charge is -2.10. The summed E-state index contributed by atoms with van der Waals surface area (Å²) in [7, 11) is 3.27. The van der Waals surface area contributed by atoms with Crippen molar-refractivity contribution >= 4 is 17.1 Å². The van der Waals surface area contributed by atoms with Crippen LogP contribution in [-0.4, -0.2) is 25.1 Å². The molecule has 0 atom stereocenters. The summed E-state index contributed by atoms with van der Waals surface area (Å²) in [5, 5.41) is 0.986. The minimum atomic E-state index is -0.402. The Bertz CT molecular complexity index is 487. The van der Waals surface area contributed by atoms with Crippen molar-refractivity contribution < 1.29 is 13.9 Å². The molecule has 0 saturated carbocycles. The molecule has 0 bridgehead atoms. The monoisotopic (exact) mass is 205 g/mol. The fourth-order valence-electron chi connectivity index (χ4n) is 1.19. The van der Waals surface area contributed by atoms with Gasteiger partial charge in [-0.25, -0.2) is 4.79 Å². The number of hydrogen-bond acceptors (Lipinski definition) is 3. The van der Waals surface area contributed by atoms with Crippen LogP contribution in [0.5, 0.6) is 5.75 Å². The topological polar surface area (TPSA) is 42.7 Å². The molecule has 15 heavy (non-hydrogen) atoms. The Balaban J connectivity index is 2.25. The van der Waals surface area contributed by atoms with Crippen molar-refractivity contribution in [1.82, 2.24) is 4.90 Å². The fourth-order valence-corrected chi connectivity index (χ4v) is 1.19. The summed E-state index contributed by atoms with van der Waals surface area (Å²) in [4.78, 5) is 12.6. The Morgan fingerprint density at radius 1 is 1.33 bits per heavy atom. The van der Waals surface area contributed by atoms with Crippen molar-refractivity contribution in [2.45, 2.75) is 0 Å². The number of carbonyl (C=O) groups excluding carboxylic acids is 1. The average molecular weight is 205 g/mol. The number of ether oxygens (including phenoxy) is 1. The molecule has 0 saturated heterocycles. The second-order valence-electron chi connectivity index (χ2n) is 3.38. The van der Waals surface area contributed by atoms with E-state index in [1.165, 1.54) is 4.90 Å². The van der Waals surface area contributed by atoms with Gasteiger partial charge in [0.15, 0.2) is 0 Å². The van der Waals surface area contributed by atoms with Crippen LogP contribution in [0.25, 0.3) is 11.0 Å². The molecule has 78 valence electrons. The van der Waals surface area contributed by atoms with E-state index in [9.17, 15) is 4.79 Å². The molecule has 1 aromatic carbocycles. The Kier molecular flexibility index (Phi) is 2.33. The summed E-state index contributed by atoms with van der Waals surface area (Å²) in [5.41, 5.74) is 0.707. The van der Waals surface area contributed by atoms with Gasteiger partial charge < -0.3 is 14.1 Å². The van der Waals surface area contributed by atoms with Gasteiger partial charge in [0.2, 0.25) is 0 Å². The first kappa shape index (κ1) is 9.58. The zero-order valence-corrected chi connectivity index (χ0v) is 8.56. The zero-order valence-electron chi connectivity index (χ0n) is 8.56. The van der Waals surface area contributed by atoms with Gasteiger partial charge in [0, 0.05) is 25.5 Å². The lowest BCUT2D eigenvalue weighted by atomic mass is 10.2. The van der Waals surface area contributed by atoms with Crippen LogP contribution in [0.15, 0.2) is 34.9 Å². The predicted octanol–water partition coefficient (Wildman–Crippen LogP) is 2.49. The van der Waals surface area contributed by atoms with Crippen molar-refractivity contribution in [2.75, 3.05) is 14.1 Å². The summed E-state index contributed by atoms with van der Waals surface area (Å²) < 4.78 is 10.3. The van der Waals surface area contributed by atoms with Crippen molar-refractivity contribution in [3.8, 4) is 5.75 Å². The maximum Gasteiger partial charge on any atom is 0.414 e. The van der Waals surface area contributed by atoms with Gasteiger partial charge in [0.1, 0.15) is 11.3 Å². The van der Waals surface area contributed by atoms with Crippen molar-refractivity contribution in [1.29, 1.82) is 0 Å². The molecule has 2 rings (SSSR count). The van der Waals surface area contributed by atoms with E-state index in [0.29, 0.717) is 11.3 Å². The van der Waals surface area contributed by atoms with E-state index in [1.54, 1.807) is 32.5 Å². The molecule has 1 amide bonds. The van der Waals surface area contributed by atoms with E-state index in [1.807, 2.05) is 12.1 Å². The standard InChI is InChI=1S/C11H11NO3/c1-12(2)11(13)15-9-4-3-8-5-6-14-10(8)7-9/h3-7H,1-2H3. The minimum Gasteiger partial charge on any atom is -0.464 e. The first-order valence-corrected chi connectivity index (χ1v) is 4.53. The molecule has 0 aliphatic heterocycles. The number of fused-ring (bicyclic) bond motifs is 1. The summed E-state index contributed by atoms with van der Waals surface area (Å²) in [5.74, 6) is 0.483. The summed E-state index contributed by atoms with van der Waals surface area (Å²) in [6.45, 7) is 0. The number of carbonyl (C=O) groups is 1. The van der Waals surface area contributed by atoms with E-state index in [4.69, 9.17) is 9.15 Å².